The molecule has 2 heteroatoms. The molecule has 0 radical (unpaired) electrons. The molecule has 0 aromatic heterocycles. The van der Waals surface area contributed by atoms with Crippen LogP contribution in [0.2, 0.25) is 0 Å². The Labute approximate surface area is 114 Å². The third-order valence-corrected chi connectivity index (χ3v) is 3.19. The van der Waals surface area contributed by atoms with Gasteiger partial charge in [0.2, 0.25) is 0 Å². The van der Waals surface area contributed by atoms with E-state index in [1.54, 1.807) is 0 Å². The molecule has 100 valence electrons. The van der Waals surface area contributed by atoms with Crippen LogP contribution in [0.5, 0.6) is 0 Å². The Hall–Kier alpha value is -1.67. The summed E-state index contributed by atoms with van der Waals surface area (Å²) in [5.41, 5.74) is 3.74. The maximum absolute atomic E-state index is 12.8. The van der Waals surface area contributed by atoms with E-state index in [-0.39, 0.29) is 5.82 Å². The molecule has 1 nitrogen and oxygen atoms in total. The summed E-state index contributed by atoms with van der Waals surface area (Å²) in [6.45, 7) is 5.12. The zero-order valence-electron chi connectivity index (χ0n) is 11.5. The molecule has 2 aromatic carbocycles. The van der Waals surface area contributed by atoms with E-state index in [9.17, 15) is 4.39 Å². The van der Waals surface area contributed by atoms with Crippen LogP contribution in [0.25, 0.3) is 0 Å². The predicted octanol–water partition coefficient (Wildman–Crippen LogP) is 3.85. The van der Waals surface area contributed by atoms with Crippen LogP contribution in [0.1, 0.15) is 23.6 Å². The molecule has 2 aromatic rings. The lowest BCUT2D eigenvalue weighted by Crippen LogP contribution is -2.27. The van der Waals surface area contributed by atoms with Crippen molar-refractivity contribution in [1.29, 1.82) is 0 Å². The highest BCUT2D eigenvalue weighted by Gasteiger charge is 2.03. The molecule has 19 heavy (non-hydrogen) atoms. The molecule has 0 fully saturated rings. The fourth-order valence-corrected chi connectivity index (χ4v) is 2.16. The molecule has 0 bridgehead atoms. The minimum Gasteiger partial charge on any atom is -0.310 e. The van der Waals surface area contributed by atoms with Gasteiger partial charge >= 0.3 is 0 Å². The number of rotatable bonds is 5. The van der Waals surface area contributed by atoms with Crippen molar-refractivity contribution in [2.45, 2.75) is 32.9 Å². The van der Waals surface area contributed by atoms with Gasteiger partial charge in [-0.1, -0.05) is 42.0 Å². The molecule has 0 saturated heterocycles. The van der Waals surface area contributed by atoms with Crippen molar-refractivity contribution in [3.8, 4) is 0 Å². The molecular formula is C17H20FN. The Morgan fingerprint density at radius 1 is 1.05 bits per heavy atom. The lowest BCUT2D eigenvalue weighted by Gasteiger charge is -2.14. The highest BCUT2D eigenvalue weighted by atomic mass is 19.1. The average Bonchev–Trinajstić information content (AvgIpc) is 2.39. The normalized spacial score (nSPS) is 12.4. The van der Waals surface area contributed by atoms with Gasteiger partial charge < -0.3 is 5.32 Å². The molecule has 1 unspecified atom stereocenters. The minimum atomic E-state index is -0.177. The van der Waals surface area contributed by atoms with Gasteiger partial charge in [0, 0.05) is 12.6 Å². The predicted molar refractivity (Wildman–Crippen MR) is 77.6 cm³/mol. The lowest BCUT2D eigenvalue weighted by molar-refractivity contribution is 0.544. The van der Waals surface area contributed by atoms with Gasteiger partial charge in [0.05, 0.1) is 0 Å². The van der Waals surface area contributed by atoms with Crippen LogP contribution >= 0.6 is 0 Å². The first-order valence-electron chi connectivity index (χ1n) is 6.67. The van der Waals surface area contributed by atoms with Gasteiger partial charge in [-0.15, -0.1) is 0 Å². The van der Waals surface area contributed by atoms with Crippen LogP contribution in [0.15, 0.2) is 48.5 Å². The van der Waals surface area contributed by atoms with Crippen molar-refractivity contribution in [1.82, 2.24) is 5.32 Å². The van der Waals surface area contributed by atoms with E-state index in [1.165, 1.54) is 23.3 Å². The van der Waals surface area contributed by atoms with Crippen molar-refractivity contribution >= 4 is 0 Å². The first-order valence-corrected chi connectivity index (χ1v) is 6.67. The van der Waals surface area contributed by atoms with E-state index >= 15 is 0 Å². The van der Waals surface area contributed by atoms with Gasteiger partial charge in [0.1, 0.15) is 5.82 Å². The Morgan fingerprint density at radius 2 is 1.79 bits per heavy atom. The monoisotopic (exact) mass is 257 g/mol. The molecule has 1 N–H and O–H groups in total. The third-order valence-electron chi connectivity index (χ3n) is 3.19. The summed E-state index contributed by atoms with van der Waals surface area (Å²) in [5.74, 6) is -0.177. The number of hydrogen-bond acceptors (Lipinski definition) is 1. The molecule has 0 heterocycles. The number of benzene rings is 2. The number of halogens is 1. The molecule has 0 aliphatic rings. The highest BCUT2D eigenvalue weighted by molar-refractivity contribution is 5.22. The Morgan fingerprint density at radius 3 is 2.47 bits per heavy atom. The second kappa shape index (κ2) is 6.48. The first kappa shape index (κ1) is 13.8. The zero-order chi connectivity index (χ0) is 13.7. The van der Waals surface area contributed by atoms with Crippen molar-refractivity contribution < 1.29 is 4.39 Å². The SMILES string of the molecule is Cc1cccc(CNC(C)Cc2ccc(F)cc2)c1. The van der Waals surface area contributed by atoms with Gasteiger partial charge in [-0.2, -0.15) is 0 Å². The molecule has 0 spiro atoms. The Balaban J connectivity index is 1.84. The fourth-order valence-electron chi connectivity index (χ4n) is 2.16. The van der Waals surface area contributed by atoms with E-state index in [0.717, 1.165) is 18.5 Å². The van der Waals surface area contributed by atoms with E-state index in [2.05, 4.69) is 43.4 Å². The van der Waals surface area contributed by atoms with Crippen molar-refractivity contribution in [2.75, 3.05) is 0 Å². The summed E-state index contributed by atoms with van der Waals surface area (Å²) in [7, 11) is 0. The Kier molecular flexibility index (Phi) is 4.69. The lowest BCUT2D eigenvalue weighted by atomic mass is 10.1. The Bertz CT molecular complexity index is 519. The van der Waals surface area contributed by atoms with Crippen LogP contribution < -0.4 is 5.32 Å². The molecule has 1 atom stereocenters. The third kappa shape index (κ3) is 4.49. The summed E-state index contributed by atoms with van der Waals surface area (Å²) in [6, 6.07) is 15.6. The highest BCUT2D eigenvalue weighted by Crippen LogP contribution is 2.07. The van der Waals surface area contributed by atoms with Gasteiger partial charge in [-0.25, -0.2) is 4.39 Å². The maximum Gasteiger partial charge on any atom is 0.123 e. The van der Waals surface area contributed by atoms with Gasteiger partial charge in [0.15, 0.2) is 0 Å². The molecule has 0 amide bonds. The fraction of sp³-hybridized carbons (Fsp3) is 0.294. The largest absolute Gasteiger partial charge is 0.310 e. The van der Waals surface area contributed by atoms with E-state index < -0.39 is 0 Å². The van der Waals surface area contributed by atoms with Gasteiger partial charge in [0.25, 0.3) is 0 Å². The van der Waals surface area contributed by atoms with E-state index in [4.69, 9.17) is 0 Å². The smallest absolute Gasteiger partial charge is 0.123 e. The molecule has 0 aliphatic carbocycles. The van der Waals surface area contributed by atoms with E-state index in [1.807, 2.05) is 12.1 Å². The maximum atomic E-state index is 12.8. The minimum absolute atomic E-state index is 0.177. The molecule has 0 aliphatic heterocycles. The molecule has 0 saturated carbocycles. The quantitative estimate of drug-likeness (QED) is 0.857. The summed E-state index contributed by atoms with van der Waals surface area (Å²) in [4.78, 5) is 0. The van der Waals surface area contributed by atoms with Crippen LogP contribution in [0.4, 0.5) is 4.39 Å². The van der Waals surface area contributed by atoms with Crippen LogP contribution in [0, 0.1) is 12.7 Å². The first-order chi connectivity index (χ1) is 9.13. The second-order valence-electron chi connectivity index (χ2n) is 5.10. The molecular weight excluding hydrogens is 237 g/mol. The van der Waals surface area contributed by atoms with Crippen LogP contribution in [-0.2, 0) is 13.0 Å². The zero-order valence-corrected chi connectivity index (χ0v) is 11.5. The van der Waals surface area contributed by atoms with Gasteiger partial charge in [-0.3, -0.25) is 0 Å². The number of hydrogen-bond donors (Lipinski definition) is 1. The van der Waals surface area contributed by atoms with Crippen molar-refractivity contribution in [3.05, 3.63) is 71.0 Å². The average molecular weight is 257 g/mol. The van der Waals surface area contributed by atoms with Crippen molar-refractivity contribution in [2.24, 2.45) is 0 Å². The topological polar surface area (TPSA) is 12.0 Å². The summed E-state index contributed by atoms with van der Waals surface area (Å²) < 4.78 is 12.8. The number of aryl methyl sites for hydroxylation is 1. The van der Waals surface area contributed by atoms with Gasteiger partial charge in [-0.05, 0) is 43.5 Å². The summed E-state index contributed by atoms with van der Waals surface area (Å²) in [6.07, 6.45) is 0.909. The van der Waals surface area contributed by atoms with Crippen LogP contribution in [-0.4, -0.2) is 6.04 Å². The second-order valence-corrected chi connectivity index (χ2v) is 5.10. The van der Waals surface area contributed by atoms with Crippen LogP contribution in [0.3, 0.4) is 0 Å². The standard InChI is InChI=1S/C17H20FN/c1-13-4-3-5-16(10-13)12-19-14(2)11-15-6-8-17(18)9-7-15/h3-10,14,19H,11-12H2,1-2H3. The molecule has 2 rings (SSSR count). The summed E-state index contributed by atoms with van der Waals surface area (Å²) >= 11 is 0. The van der Waals surface area contributed by atoms with Crippen molar-refractivity contribution in [3.63, 3.8) is 0 Å². The number of nitrogens with one attached hydrogen (secondary N) is 1. The summed E-state index contributed by atoms with van der Waals surface area (Å²) in [5, 5.41) is 3.50. The van der Waals surface area contributed by atoms with E-state index in [0.29, 0.717) is 6.04 Å².